The summed E-state index contributed by atoms with van der Waals surface area (Å²) in [6, 6.07) is 9.18. The smallest absolute Gasteiger partial charge is 0.229 e. The Balaban J connectivity index is 0.00000192. The molecule has 218 valence electrons. The number of anilines is 3. The average molecular weight is 545 g/mol. The van der Waals surface area contributed by atoms with Crippen LogP contribution in [0, 0.1) is 0 Å². The Morgan fingerprint density at radius 3 is 2.42 bits per heavy atom. The molecule has 40 heavy (non-hydrogen) atoms. The molecule has 1 saturated carbocycles. The highest BCUT2D eigenvalue weighted by atomic mass is 15.3. The Morgan fingerprint density at radius 1 is 1.10 bits per heavy atom. The van der Waals surface area contributed by atoms with E-state index in [9.17, 15) is 0 Å². The molecule has 0 unspecified atom stereocenters. The van der Waals surface area contributed by atoms with Crippen LogP contribution in [0.1, 0.15) is 77.8 Å². The van der Waals surface area contributed by atoms with Gasteiger partial charge in [0.25, 0.3) is 0 Å². The summed E-state index contributed by atoms with van der Waals surface area (Å²) in [5, 5.41) is 3.40. The van der Waals surface area contributed by atoms with Gasteiger partial charge in [-0.15, -0.1) is 12.3 Å². The number of rotatable bonds is 12. The minimum Gasteiger partial charge on any atom is -0.366 e. The van der Waals surface area contributed by atoms with E-state index in [4.69, 9.17) is 4.98 Å². The Hall–Kier alpha value is -3.34. The fourth-order valence-electron chi connectivity index (χ4n) is 5.54. The Bertz CT molecular complexity index is 1110. The summed E-state index contributed by atoms with van der Waals surface area (Å²) < 4.78 is 0. The van der Waals surface area contributed by atoms with Crippen molar-refractivity contribution in [1.29, 1.82) is 0 Å². The third kappa shape index (κ3) is 8.84. The first-order valence-electron chi connectivity index (χ1n) is 15.2. The highest BCUT2D eigenvalue weighted by Gasteiger charge is 2.22. The molecule has 2 aliphatic rings. The molecule has 1 aliphatic heterocycles. The predicted octanol–water partition coefficient (Wildman–Crippen LogP) is 8.05. The van der Waals surface area contributed by atoms with Gasteiger partial charge in [0.05, 0.1) is 5.70 Å². The number of allylic oxidation sites excluding steroid dienone is 2. The van der Waals surface area contributed by atoms with Crippen molar-refractivity contribution >= 4 is 23.5 Å². The normalized spacial score (nSPS) is 15.8. The highest BCUT2D eigenvalue weighted by molar-refractivity contribution is 5.65. The molecule has 0 bridgehead atoms. The van der Waals surface area contributed by atoms with E-state index in [0.717, 1.165) is 69.1 Å². The molecule has 0 radical (unpaired) electrons. The Labute approximate surface area is 244 Å². The molecular weight excluding hydrogens is 492 g/mol. The lowest BCUT2D eigenvalue weighted by atomic mass is 9.94. The first kappa shape index (κ1) is 31.2. The van der Waals surface area contributed by atoms with Crippen molar-refractivity contribution in [3.8, 4) is 0 Å². The summed E-state index contributed by atoms with van der Waals surface area (Å²) >= 11 is 0. The second-order valence-electron chi connectivity index (χ2n) is 10.5. The third-order valence-electron chi connectivity index (χ3n) is 7.87. The van der Waals surface area contributed by atoms with Crippen LogP contribution in [0.2, 0.25) is 0 Å². The lowest BCUT2D eigenvalue weighted by molar-refractivity contribution is 0.150. The van der Waals surface area contributed by atoms with Crippen molar-refractivity contribution in [1.82, 2.24) is 19.8 Å². The second-order valence-corrected chi connectivity index (χ2v) is 10.5. The number of nitrogens with zero attached hydrogens (tertiary/aromatic N) is 5. The molecule has 1 aromatic heterocycles. The van der Waals surface area contributed by atoms with Gasteiger partial charge in [-0.2, -0.15) is 4.98 Å². The lowest BCUT2D eigenvalue weighted by Crippen LogP contribution is -2.45. The van der Waals surface area contributed by atoms with E-state index in [-0.39, 0.29) is 1.43 Å². The van der Waals surface area contributed by atoms with E-state index >= 15 is 0 Å². The standard InChI is InChI=1S/C32H44N6.C2H6.H2/c1-5-8-10-13-29(7-3)38-22-20-37(21-23-38)25-26-16-18-28(19-17-26)34-32-33-24-27(6-2)31(35-32)36(4)30-14-11-9-12-15-30;1-2;/h5-6,16-19,24,30H,1-3,8-15,20-23,25H2,4H3,(H,33,34,35);1-2H3;1H. The minimum absolute atomic E-state index is 0. The Morgan fingerprint density at radius 2 is 1.80 bits per heavy atom. The van der Waals surface area contributed by atoms with Crippen LogP contribution in [0.25, 0.3) is 6.08 Å². The maximum absolute atomic E-state index is 4.88. The largest absolute Gasteiger partial charge is 0.366 e. The number of piperazine rings is 1. The SMILES string of the molecule is C=C=C(CCCC=C)N1CCN(Cc2ccc(Nc3ncc(C=C)c(N(C)C4CCCCC4)n3)cc2)CC1.CC.[HH]. The van der Waals surface area contributed by atoms with Crippen LogP contribution in [0.4, 0.5) is 17.5 Å². The number of nitrogens with one attached hydrogen (secondary N) is 1. The van der Waals surface area contributed by atoms with Gasteiger partial charge in [-0.25, -0.2) is 4.98 Å². The quantitative estimate of drug-likeness (QED) is 0.166. The summed E-state index contributed by atoms with van der Waals surface area (Å²) in [6.45, 7) is 20.8. The van der Waals surface area contributed by atoms with E-state index < -0.39 is 0 Å². The van der Waals surface area contributed by atoms with Crippen LogP contribution in [0.3, 0.4) is 0 Å². The van der Waals surface area contributed by atoms with Crippen molar-refractivity contribution in [2.75, 3.05) is 43.4 Å². The fraction of sp³-hybridized carbons (Fsp3) is 0.500. The van der Waals surface area contributed by atoms with Gasteiger partial charge in [0.1, 0.15) is 5.82 Å². The van der Waals surface area contributed by atoms with E-state index in [0.29, 0.717) is 12.0 Å². The van der Waals surface area contributed by atoms with Gasteiger partial charge in [-0.05, 0) is 49.8 Å². The molecule has 2 fully saturated rings. The number of hydrogen-bond donors (Lipinski definition) is 1. The summed E-state index contributed by atoms with van der Waals surface area (Å²) in [7, 11) is 2.15. The molecule has 6 nitrogen and oxygen atoms in total. The van der Waals surface area contributed by atoms with Gasteiger partial charge in [0, 0.05) is 64.7 Å². The topological polar surface area (TPSA) is 47.5 Å². The predicted molar refractivity (Wildman–Crippen MR) is 174 cm³/mol. The van der Waals surface area contributed by atoms with Gasteiger partial charge in [-0.1, -0.05) is 70.6 Å². The Kier molecular flexibility index (Phi) is 13.0. The minimum atomic E-state index is 0. The molecule has 1 aliphatic carbocycles. The summed E-state index contributed by atoms with van der Waals surface area (Å²) in [4.78, 5) is 16.7. The van der Waals surface area contributed by atoms with Crippen molar-refractivity contribution in [3.63, 3.8) is 0 Å². The van der Waals surface area contributed by atoms with Crippen molar-refractivity contribution < 1.29 is 1.43 Å². The molecule has 1 saturated heterocycles. The average Bonchev–Trinajstić information content (AvgIpc) is 3.02. The first-order chi connectivity index (χ1) is 19.6. The summed E-state index contributed by atoms with van der Waals surface area (Å²) in [5.41, 5.74) is 7.71. The highest BCUT2D eigenvalue weighted by Crippen LogP contribution is 2.28. The van der Waals surface area contributed by atoms with E-state index in [1.54, 1.807) is 0 Å². The van der Waals surface area contributed by atoms with E-state index in [1.807, 2.05) is 32.2 Å². The number of benzene rings is 1. The van der Waals surface area contributed by atoms with Gasteiger partial charge in [0.15, 0.2) is 0 Å². The molecule has 6 heteroatoms. The molecule has 2 heterocycles. The van der Waals surface area contributed by atoms with Crippen LogP contribution in [0.5, 0.6) is 0 Å². The molecule has 0 spiro atoms. The van der Waals surface area contributed by atoms with Crippen LogP contribution < -0.4 is 10.2 Å². The summed E-state index contributed by atoms with van der Waals surface area (Å²) in [5.74, 6) is 1.58. The van der Waals surface area contributed by atoms with Crippen molar-refractivity contribution in [3.05, 3.63) is 78.8 Å². The number of aromatic nitrogens is 2. The third-order valence-corrected chi connectivity index (χ3v) is 7.87. The van der Waals surface area contributed by atoms with Crippen LogP contribution >= 0.6 is 0 Å². The number of unbranched alkanes of at least 4 members (excludes halogenated alkanes) is 1. The zero-order chi connectivity index (χ0) is 28.7. The van der Waals surface area contributed by atoms with E-state index in [2.05, 4.69) is 81.8 Å². The lowest BCUT2D eigenvalue weighted by Gasteiger charge is -2.36. The van der Waals surface area contributed by atoms with Gasteiger partial charge >= 0.3 is 0 Å². The molecule has 1 N–H and O–H groups in total. The summed E-state index contributed by atoms with van der Waals surface area (Å²) in [6.07, 6.45) is 15.3. The molecule has 0 atom stereocenters. The van der Waals surface area contributed by atoms with Gasteiger partial charge < -0.3 is 15.1 Å². The van der Waals surface area contributed by atoms with Gasteiger partial charge in [0.2, 0.25) is 5.95 Å². The monoisotopic (exact) mass is 544 g/mol. The van der Waals surface area contributed by atoms with Crippen LogP contribution in [0.15, 0.2) is 67.7 Å². The zero-order valence-corrected chi connectivity index (χ0v) is 25.2. The first-order valence-corrected chi connectivity index (χ1v) is 15.2. The van der Waals surface area contributed by atoms with Crippen molar-refractivity contribution in [2.45, 2.75) is 77.8 Å². The maximum Gasteiger partial charge on any atom is 0.229 e. The number of hydrogen-bond acceptors (Lipinski definition) is 6. The molecule has 0 amide bonds. The second kappa shape index (κ2) is 16.7. The molecular formula is C34H52N6. The maximum atomic E-state index is 4.88. The van der Waals surface area contributed by atoms with E-state index in [1.165, 1.54) is 43.4 Å². The van der Waals surface area contributed by atoms with Crippen LogP contribution in [-0.2, 0) is 6.54 Å². The molecule has 1 aromatic carbocycles. The van der Waals surface area contributed by atoms with Crippen LogP contribution in [-0.4, -0.2) is 59.0 Å². The molecule has 4 rings (SSSR count). The zero-order valence-electron chi connectivity index (χ0n) is 25.2. The van der Waals surface area contributed by atoms with Crippen molar-refractivity contribution in [2.24, 2.45) is 0 Å². The molecule has 2 aromatic rings. The fourth-order valence-corrected chi connectivity index (χ4v) is 5.54. The van der Waals surface area contributed by atoms with Gasteiger partial charge in [-0.3, -0.25) is 4.90 Å².